The van der Waals surface area contributed by atoms with Gasteiger partial charge in [-0.3, -0.25) is 0 Å². The number of hydrogen-bond acceptors (Lipinski definition) is 4. The minimum atomic E-state index is -4.39. The first-order valence-electron chi connectivity index (χ1n) is 8.51. The lowest BCUT2D eigenvalue weighted by Crippen LogP contribution is -2.39. The van der Waals surface area contributed by atoms with Gasteiger partial charge < -0.3 is 20.5 Å². The van der Waals surface area contributed by atoms with E-state index in [0.29, 0.717) is 22.4 Å². The van der Waals surface area contributed by atoms with E-state index >= 15 is 0 Å². The summed E-state index contributed by atoms with van der Waals surface area (Å²) >= 11 is 7.17. The quantitative estimate of drug-likeness (QED) is 0.431. The standard InChI is InChI=1S/C18H21ClF3N3O2S/c1-2-23-17(25-10-14(26)15-6-7-16(19)28-15)24-9-12-4-3-5-13(8-12)27-11-18(20,21)22/h3-8,14,26H,2,9-11H2,1H3,(H2,23,24,25). The van der Waals surface area contributed by atoms with Gasteiger partial charge in [0, 0.05) is 18.0 Å². The van der Waals surface area contributed by atoms with Crippen LogP contribution in [0.2, 0.25) is 4.34 Å². The van der Waals surface area contributed by atoms with Crippen LogP contribution in [-0.4, -0.2) is 36.9 Å². The number of nitrogens with zero attached hydrogens (tertiary/aromatic N) is 1. The average Bonchev–Trinajstić information content (AvgIpc) is 3.08. The second kappa shape index (κ2) is 10.5. The second-order valence-corrected chi connectivity index (χ2v) is 7.53. The maximum Gasteiger partial charge on any atom is 0.422 e. The number of nitrogens with one attached hydrogen (secondary N) is 2. The Labute approximate surface area is 170 Å². The molecule has 10 heteroatoms. The van der Waals surface area contributed by atoms with E-state index < -0.39 is 18.9 Å². The summed E-state index contributed by atoms with van der Waals surface area (Å²) in [6.45, 7) is 1.64. The average molecular weight is 436 g/mol. The number of aliphatic hydroxyl groups excluding tert-OH is 1. The fraction of sp³-hybridized carbons (Fsp3) is 0.389. The van der Waals surface area contributed by atoms with Crippen molar-refractivity contribution in [3.8, 4) is 5.75 Å². The minimum absolute atomic E-state index is 0.132. The fourth-order valence-electron chi connectivity index (χ4n) is 2.21. The zero-order valence-electron chi connectivity index (χ0n) is 15.1. The first-order valence-corrected chi connectivity index (χ1v) is 9.70. The third kappa shape index (κ3) is 7.95. The van der Waals surface area contributed by atoms with E-state index in [2.05, 4.69) is 15.6 Å². The lowest BCUT2D eigenvalue weighted by atomic mass is 10.2. The van der Waals surface area contributed by atoms with E-state index in [1.165, 1.54) is 23.5 Å². The van der Waals surface area contributed by atoms with Crippen LogP contribution >= 0.6 is 22.9 Å². The molecule has 0 aliphatic rings. The van der Waals surface area contributed by atoms with Crippen LogP contribution in [-0.2, 0) is 6.54 Å². The third-order valence-electron chi connectivity index (χ3n) is 3.45. The number of aliphatic hydroxyl groups is 1. The van der Waals surface area contributed by atoms with E-state index in [4.69, 9.17) is 16.3 Å². The van der Waals surface area contributed by atoms with Crippen LogP contribution in [0, 0.1) is 0 Å². The maximum absolute atomic E-state index is 12.3. The van der Waals surface area contributed by atoms with Gasteiger partial charge in [0.1, 0.15) is 11.9 Å². The Morgan fingerprint density at radius 2 is 2.07 bits per heavy atom. The summed E-state index contributed by atoms with van der Waals surface area (Å²) in [4.78, 5) is 5.13. The van der Waals surface area contributed by atoms with Crippen LogP contribution in [0.4, 0.5) is 13.2 Å². The zero-order valence-corrected chi connectivity index (χ0v) is 16.7. The number of thiophene rings is 1. The lowest BCUT2D eigenvalue weighted by Gasteiger charge is -2.14. The molecular weight excluding hydrogens is 415 g/mol. The number of alkyl halides is 3. The van der Waals surface area contributed by atoms with Gasteiger partial charge in [-0.1, -0.05) is 23.7 Å². The van der Waals surface area contributed by atoms with Crippen molar-refractivity contribution in [2.24, 2.45) is 4.99 Å². The summed E-state index contributed by atoms with van der Waals surface area (Å²) in [5, 5.41) is 16.3. The molecule has 0 spiro atoms. The van der Waals surface area contributed by atoms with Crippen molar-refractivity contribution in [3.63, 3.8) is 0 Å². The highest BCUT2D eigenvalue weighted by Crippen LogP contribution is 2.26. The highest BCUT2D eigenvalue weighted by molar-refractivity contribution is 7.16. The van der Waals surface area contributed by atoms with Crippen LogP contribution in [0.5, 0.6) is 5.75 Å². The van der Waals surface area contributed by atoms with Crippen molar-refractivity contribution in [3.05, 3.63) is 51.2 Å². The number of ether oxygens (including phenoxy) is 1. The first-order chi connectivity index (χ1) is 13.3. The molecule has 0 amide bonds. The molecule has 3 N–H and O–H groups in total. The van der Waals surface area contributed by atoms with Gasteiger partial charge in [-0.05, 0) is 36.8 Å². The van der Waals surface area contributed by atoms with Crippen LogP contribution in [0.15, 0.2) is 41.4 Å². The normalized spacial score (nSPS) is 13.3. The topological polar surface area (TPSA) is 65.9 Å². The summed E-state index contributed by atoms with van der Waals surface area (Å²) in [5.74, 6) is 0.610. The van der Waals surface area contributed by atoms with Crippen LogP contribution < -0.4 is 15.4 Å². The molecule has 1 heterocycles. The SMILES string of the molecule is CCNC(=NCc1cccc(OCC(F)(F)F)c1)NCC(O)c1ccc(Cl)s1. The molecule has 154 valence electrons. The molecule has 0 fully saturated rings. The van der Waals surface area contributed by atoms with Crippen molar-refractivity contribution < 1.29 is 23.0 Å². The highest BCUT2D eigenvalue weighted by Gasteiger charge is 2.28. The molecule has 0 saturated carbocycles. The number of halogens is 4. The molecule has 2 rings (SSSR count). The molecule has 5 nitrogen and oxygen atoms in total. The van der Waals surface area contributed by atoms with Gasteiger partial charge in [-0.2, -0.15) is 13.2 Å². The molecule has 0 bridgehead atoms. The Morgan fingerprint density at radius 1 is 1.29 bits per heavy atom. The van der Waals surface area contributed by atoms with Gasteiger partial charge in [-0.15, -0.1) is 11.3 Å². The summed E-state index contributed by atoms with van der Waals surface area (Å²) in [5.41, 5.74) is 0.697. The van der Waals surface area contributed by atoms with E-state index in [-0.39, 0.29) is 18.8 Å². The van der Waals surface area contributed by atoms with Crippen molar-refractivity contribution in [2.45, 2.75) is 25.7 Å². The van der Waals surface area contributed by atoms with E-state index in [0.717, 1.165) is 4.88 Å². The molecule has 1 aromatic carbocycles. The molecule has 1 unspecified atom stereocenters. The molecule has 1 aromatic heterocycles. The zero-order chi connectivity index (χ0) is 20.6. The highest BCUT2D eigenvalue weighted by atomic mass is 35.5. The Balaban J connectivity index is 1.94. The first kappa shape index (κ1) is 22.3. The third-order valence-corrected chi connectivity index (χ3v) is 4.78. The van der Waals surface area contributed by atoms with Crippen molar-refractivity contribution in [1.82, 2.24) is 10.6 Å². The van der Waals surface area contributed by atoms with Gasteiger partial charge in [0.25, 0.3) is 0 Å². The summed E-state index contributed by atoms with van der Waals surface area (Å²) in [6, 6.07) is 9.82. The smallest absolute Gasteiger partial charge is 0.422 e. The van der Waals surface area contributed by atoms with Crippen LogP contribution in [0.1, 0.15) is 23.5 Å². The predicted octanol–water partition coefficient (Wildman–Crippen LogP) is 4.13. The Hall–Kier alpha value is -1.97. The van der Waals surface area contributed by atoms with Gasteiger partial charge in [0.15, 0.2) is 12.6 Å². The number of hydrogen-bond donors (Lipinski definition) is 3. The second-order valence-electron chi connectivity index (χ2n) is 5.78. The van der Waals surface area contributed by atoms with Gasteiger partial charge in [0.2, 0.25) is 0 Å². The monoisotopic (exact) mass is 435 g/mol. The fourth-order valence-corrected chi connectivity index (χ4v) is 3.26. The van der Waals surface area contributed by atoms with Crippen LogP contribution in [0.3, 0.4) is 0 Å². The van der Waals surface area contributed by atoms with Crippen molar-refractivity contribution >= 4 is 28.9 Å². The molecular formula is C18H21ClF3N3O2S. The Kier molecular flexibility index (Phi) is 8.40. The van der Waals surface area contributed by atoms with Gasteiger partial charge in [0.05, 0.1) is 10.9 Å². The van der Waals surface area contributed by atoms with Gasteiger partial charge in [-0.25, -0.2) is 4.99 Å². The molecule has 1 atom stereocenters. The largest absolute Gasteiger partial charge is 0.484 e. The number of benzene rings is 1. The molecule has 2 aromatic rings. The van der Waals surface area contributed by atoms with E-state index in [9.17, 15) is 18.3 Å². The number of rotatable bonds is 8. The predicted molar refractivity (Wildman–Crippen MR) is 105 cm³/mol. The molecule has 0 radical (unpaired) electrons. The molecule has 0 saturated heterocycles. The van der Waals surface area contributed by atoms with E-state index in [1.807, 2.05) is 6.92 Å². The summed E-state index contributed by atoms with van der Waals surface area (Å²) in [7, 11) is 0. The van der Waals surface area contributed by atoms with Gasteiger partial charge >= 0.3 is 6.18 Å². The summed E-state index contributed by atoms with van der Waals surface area (Å²) in [6.07, 6.45) is -5.12. The minimum Gasteiger partial charge on any atom is -0.484 e. The Bertz CT molecular complexity index is 783. The molecule has 28 heavy (non-hydrogen) atoms. The Morgan fingerprint density at radius 3 is 2.71 bits per heavy atom. The van der Waals surface area contributed by atoms with Crippen molar-refractivity contribution in [1.29, 1.82) is 0 Å². The molecule has 0 aliphatic heterocycles. The molecule has 0 aliphatic carbocycles. The lowest BCUT2D eigenvalue weighted by molar-refractivity contribution is -0.153. The van der Waals surface area contributed by atoms with E-state index in [1.54, 1.807) is 24.3 Å². The van der Waals surface area contributed by atoms with Crippen molar-refractivity contribution in [2.75, 3.05) is 19.7 Å². The van der Waals surface area contributed by atoms with Crippen LogP contribution in [0.25, 0.3) is 0 Å². The number of aliphatic imine (C=N–C) groups is 1. The maximum atomic E-state index is 12.3. The number of guanidine groups is 1. The summed E-state index contributed by atoms with van der Waals surface area (Å²) < 4.78 is 42.1.